The van der Waals surface area contributed by atoms with Crippen molar-refractivity contribution in [2.24, 2.45) is 4.99 Å². The monoisotopic (exact) mass is 538 g/mol. The predicted octanol–water partition coefficient (Wildman–Crippen LogP) is 3.94. The Balaban J connectivity index is 0.00000341. The van der Waals surface area contributed by atoms with Crippen LogP contribution in [0.5, 0.6) is 11.5 Å². The average Bonchev–Trinajstić information content (AvgIpc) is 2.94. The number of anilines is 1. The van der Waals surface area contributed by atoms with E-state index < -0.39 is 0 Å². The Labute approximate surface area is 201 Å². The van der Waals surface area contributed by atoms with Gasteiger partial charge in [-0.15, -0.1) is 24.0 Å². The van der Waals surface area contributed by atoms with Crippen LogP contribution in [0.2, 0.25) is 0 Å². The van der Waals surface area contributed by atoms with E-state index in [0.29, 0.717) is 31.5 Å². The molecule has 168 valence electrons. The highest BCUT2D eigenvalue weighted by atomic mass is 127. The summed E-state index contributed by atoms with van der Waals surface area (Å²) < 4.78 is 11.5. The summed E-state index contributed by atoms with van der Waals surface area (Å²) >= 11 is 0. The van der Waals surface area contributed by atoms with Crippen molar-refractivity contribution in [2.45, 2.75) is 39.3 Å². The Hall–Kier alpha value is -2.49. The average molecular weight is 538 g/mol. The fourth-order valence-electron chi connectivity index (χ4n) is 2.90. The maximum Gasteiger partial charge on any atom is 0.239 e. The number of nitrogens with zero attached hydrogens (tertiary/aromatic N) is 1. The third-order valence-electron chi connectivity index (χ3n) is 4.20. The number of carbonyl (C=O) groups is 1. The summed E-state index contributed by atoms with van der Waals surface area (Å²) in [6.45, 7) is 7.72. The molecule has 0 radical (unpaired) electrons. The van der Waals surface area contributed by atoms with Crippen molar-refractivity contribution in [3.63, 3.8) is 0 Å². The van der Waals surface area contributed by atoms with Crippen molar-refractivity contribution < 1.29 is 14.3 Å². The second-order valence-corrected chi connectivity index (χ2v) is 8.14. The molecule has 0 bridgehead atoms. The van der Waals surface area contributed by atoms with Gasteiger partial charge in [0.1, 0.15) is 0 Å². The summed E-state index contributed by atoms with van der Waals surface area (Å²) in [6.07, 6.45) is 0.853. The molecule has 0 atom stereocenters. The van der Waals surface area contributed by atoms with Gasteiger partial charge in [-0.3, -0.25) is 4.79 Å². The quantitative estimate of drug-likeness (QED) is 0.305. The van der Waals surface area contributed by atoms with Crippen LogP contribution in [0.25, 0.3) is 0 Å². The van der Waals surface area contributed by atoms with Crippen LogP contribution < -0.4 is 25.4 Å². The fraction of sp³-hybridized carbons (Fsp3) is 0.391. The summed E-state index contributed by atoms with van der Waals surface area (Å²) in [6, 6.07) is 15.6. The summed E-state index contributed by atoms with van der Waals surface area (Å²) in [4.78, 5) is 16.9. The van der Waals surface area contributed by atoms with Crippen LogP contribution in [0.4, 0.5) is 5.69 Å². The highest BCUT2D eigenvalue weighted by Crippen LogP contribution is 2.32. The first-order valence-corrected chi connectivity index (χ1v) is 10.2. The SMILES string of the molecule is CC(C)(C)NC(=O)CNC(=NCc1ccccc1)Nc1ccc2c(c1)OCCCO2.I. The first-order valence-electron chi connectivity index (χ1n) is 10.2. The molecular formula is C23H31IN4O3. The Morgan fingerprint density at radius 1 is 1.03 bits per heavy atom. The Kier molecular flexibility index (Phi) is 9.42. The second kappa shape index (κ2) is 11.8. The first kappa shape index (κ1) is 24.8. The number of amides is 1. The number of hydrogen-bond acceptors (Lipinski definition) is 4. The summed E-state index contributed by atoms with van der Waals surface area (Å²) in [7, 11) is 0. The summed E-state index contributed by atoms with van der Waals surface area (Å²) in [5, 5.41) is 9.31. The lowest BCUT2D eigenvalue weighted by Crippen LogP contribution is -2.46. The van der Waals surface area contributed by atoms with Gasteiger partial charge in [0.15, 0.2) is 17.5 Å². The standard InChI is InChI=1S/C23H30N4O3.HI/c1-23(2,3)27-21(28)16-25-22(24-15-17-8-5-4-6-9-17)26-18-10-11-19-20(14-18)30-13-7-12-29-19;/h4-6,8-11,14H,7,12-13,15-16H2,1-3H3,(H,27,28)(H2,24,25,26);1H. The van der Waals surface area contributed by atoms with E-state index >= 15 is 0 Å². The topological polar surface area (TPSA) is 84.0 Å². The molecule has 3 rings (SSSR count). The van der Waals surface area contributed by atoms with E-state index in [9.17, 15) is 4.79 Å². The van der Waals surface area contributed by atoms with Gasteiger partial charge < -0.3 is 25.4 Å². The van der Waals surface area contributed by atoms with Gasteiger partial charge in [-0.2, -0.15) is 0 Å². The predicted molar refractivity (Wildman–Crippen MR) is 135 cm³/mol. The van der Waals surface area contributed by atoms with Crippen molar-refractivity contribution in [2.75, 3.05) is 25.1 Å². The minimum atomic E-state index is -0.290. The van der Waals surface area contributed by atoms with Crippen LogP contribution in [0.1, 0.15) is 32.8 Å². The van der Waals surface area contributed by atoms with Crippen molar-refractivity contribution >= 4 is 41.5 Å². The summed E-state index contributed by atoms with van der Waals surface area (Å²) in [5.74, 6) is 1.84. The van der Waals surface area contributed by atoms with Crippen LogP contribution in [0, 0.1) is 0 Å². The zero-order valence-corrected chi connectivity index (χ0v) is 20.6. The summed E-state index contributed by atoms with van der Waals surface area (Å²) in [5.41, 5.74) is 1.59. The number of fused-ring (bicyclic) bond motifs is 1. The maximum atomic E-state index is 12.2. The van der Waals surface area contributed by atoms with E-state index in [4.69, 9.17) is 9.47 Å². The van der Waals surface area contributed by atoms with E-state index in [1.54, 1.807) is 0 Å². The molecule has 8 heteroatoms. The second-order valence-electron chi connectivity index (χ2n) is 8.14. The number of benzene rings is 2. The lowest BCUT2D eigenvalue weighted by Gasteiger charge is -2.21. The van der Waals surface area contributed by atoms with E-state index in [1.807, 2.05) is 69.3 Å². The Morgan fingerprint density at radius 3 is 2.45 bits per heavy atom. The minimum absolute atomic E-state index is 0. The molecule has 1 aliphatic heterocycles. The Bertz CT molecular complexity index is 882. The largest absolute Gasteiger partial charge is 0.490 e. The number of nitrogens with one attached hydrogen (secondary N) is 3. The minimum Gasteiger partial charge on any atom is -0.490 e. The number of guanidine groups is 1. The van der Waals surface area contributed by atoms with E-state index in [2.05, 4.69) is 20.9 Å². The van der Waals surface area contributed by atoms with Crippen LogP contribution in [0.3, 0.4) is 0 Å². The zero-order chi connectivity index (χ0) is 21.4. The van der Waals surface area contributed by atoms with Crippen molar-refractivity contribution in [1.29, 1.82) is 0 Å². The molecule has 0 aliphatic carbocycles. The number of halogens is 1. The molecule has 1 heterocycles. The molecular weight excluding hydrogens is 507 g/mol. The van der Waals surface area contributed by atoms with Gasteiger partial charge in [-0.25, -0.2) is 4.99 Å². The molecule has 7 nitrogen and oxygen atoms in total. The van der Waals surface area contributed by atoms with Gasteiger partial charge in [-0.1, -0.05) is 30.3 Å². The molecule has 0 unspecified atom stereocenters. The van der Waals surface area contributed by atoms with Crippen LogP contribution >= 0.6 is 24.0 Å². The van der Waals surface area contributed by atoms with Gasteiger partial charge in [0.2, 0.25) is 5.91 Å². The molecule has 0 saturated heterocycles. The number of carbonyl (C=O) groups excluding carboxylic acids is 1. The number of hydrogen-bond donors (Lipinski definition) is 3. The van der Waals surface area contributed by atoms with Gasteiger partial charge in [0.25, 0.3) is 0 Å². The van der Waals surface area contributed by atoms with Crippen LogP contribution in [-0.4, -0.2) is 37.2 Å². The van der Waals surface area contributed by atoms with E-state index in [1.165, 1.54) is 0 Å². The maximum absolute atomic E-state index is 12.2. The van der Waals surface area contributed by atoms with Gasteiger partial charge >= 0.3 is 0 Å². The van der Waals surface area contributed by atoms with Crippen molar-refractivity contribution in [3.8, 4) is 11.5 Å². The highest BCUT2D eigenvalue weighted by Gasteiger charge is 2.15. The lowest BCUT2D eigenvalue weighted by atomic mass is 10.1. The molecule has 3 N–H and O–H groups in total. The number of ether oxygens (including phenoxy) is 2. The molecule has 0 aromatic heterocycles. The molecule has 31 heavy (non-hydrogen) atoms. The van der Waals surface area contributed by atoms with Crippen LogP contribution in [0.15, 0.2) is 53.5 Å². The number of aliphatic imine (C=N–C) groups is 1. The molecule has 0 fully saturated rings. The van der Waals surface area contributed by atoms with Gasteiger partial charge in [-0.05, 0) is 38.5 Å². The van der Waals surface area contributed by atoms with Crippen LogP contribution in [-0.2, 0) is 11.3 Å². The first-order chi connectivity index (χ1) is 14.4. The van der Waals surface area contributed by atoms with Gasteiger partial charge in [0, 0.05) is 23.7 Å². The van der Waals surface area contributed by atoms with Crippen molar-refractivity contribution in [1.82, 2.24) is 10.6 Å². The smallest absolute Gasteiger partial charge is 0.239 e. The lowest BCUT2D eigenvalue weighted by molar-refractivity contribution is -0.121. The molecule has 0 saturated carbocycles. The molecule has 1 aliphatic rings. The fourth-order valence-corrected chi connectivity index (χ4v) is 2.90. The third-order valence-corrected chi connectivity index (χ3v) is 4.20. The Morgan fingerprint density at radius 2 is 1.74 bits per heavy atom. The van der Waals surface area contributed by atoms with E-state index in [-0.39, 0.29) is 42.0 Å². The zero-order valence-electron chi connectivity index (χ0n) is 18.2. The normalized spacial score (nSPS) is 13.5. The molecule has 0 spiro atoms. The van der Waals surface area contributed by atoms with Gasteiger partial charge in [0.05, 0.1) is 26.3 Å². The molecule has 2 aromatic rings. The van der Waals surface area contributed by atoms with E-state index in [0.717, 1.165) is 23.4 Å². The molecule has 2 aromatic carbocycles. The third kappa shape index (κ3) is 8.64. The highest BCUT2D eigenvalue weighted by molar-refractivity contribution is 14.0. The molecule has 1 amide bonds. The number of rotatable bonds is 5. The van der Waals surface area contributed by atoms with Crippen molar-refractivity contribution in [3.05, 3.63) is 54.1 Å².